The van der Waals surface area contributed by atoms with Gasteiger partial charge in [-0.15, -0.1) is 11.6 Å². The van der Waals surface area contributed by atoms with Gasteiger partial charge < -0.3 is 9.47 Å². The van der Waals surface area contributed by atoms with Crippen LogP contribution in [0.15, 0.2) is 29.2 Å². The van der Waals surface area contributed by atoms with E-state index in [1.807, 2.05) is 0 Å². The number of benzene rings is 1. The fraction of sp³-hybridized carbons (Fsp3) is 0.538. The van der Waals surface area contributed by atoms with E-state index in [9.17, 15) is 8.42 Å². The van der Waals surface area contributed by atoms with Crippen molar-refractivity contribution in [2.45, 2.75) is 23.0 Å². The highest BCUT2D eigenvalue weighted by Crippen LogP contribution is 2.26. The van der Waals surface area contributed by atoms with Gasteiger partial charge in [0.15, 0.2) is 0 Å². The summed E-state index contributed by atoms with van der Waals surface area (Å²) in [5.74, 6) is 0.157. The first-order valence-electron chi connectivity index (χ1n) is 6.24. The van der Waals surface area contributed by atoms with Crippen molar-refractivity contribution in [2.75, 3.05) is 27.3 Å². The minimum atomic E-state index is -3.58. The molecule has 112 valence electrons. The molecular formula is C13H18ClNO4S. The standard InChI is InChI=1S/C13H18ClNO4S/c1-18-11-8-15(9-12(11)19-2)20(16,17)13-6-4-3-5-10(13)7-14/h3-6,11-12H,7-9H2,1-2H3. The lowest BCUT2D eigenvalue weighted by molar-refractivity contribution is -0.00461. The maximum absolute atomic E-state index is 12.7. The first-order valence-corrected chi connectivity index (χ1v) is 8.21. The number of methoxy groups -OCH3 is 2. The zero-order chi connectivity index (χ0) is 14.8. The van der Waals surface area contributed by atoms with Crippen molar-refractivity contribution in [2.24, 2.45) is 0 Å². The summed E-state index contributed by atoms with van der Waals surface area (Å²) >= 11 is 5.82. The highest BCUT2D eigenvalue weighted by molar-refractivity contribution is 7.89. The van der Waals surface area contributed by atoms with Crippen LogP contribution in [0.2, 0.25) is 0 Å². The number of alkyl halides is 1. The molecule has 0 aromatic heterocycles. The van der Waals surface area contributed by atoms with Crippen LogP contribution in [0, 0.1) is 0 Å². The van der Waals surface area contributed by atoms with Crippen LogP contribution in [0.1, 0.15) is 5.56 Å². The fourth-order valence-corrected chi connectivity index (χ4v) is 4.36. The molecule has 1 saturated heterocycles. The van der Waals surface area contributed by atoms with Gasteiger partial charge in [0.2, 0.25) is 10.0 Å². The smallest absolute Gasteiger partial charge is 0.243 e. The number of hydrogen-bond acceptors (Lipinski definition) is 4. The Balaban J connectivity index is 2.32. The lowest BCUT2D eigenvalue weighted by Crippen LogP contribution is -2.30. The second-order valence-electron chi connectivity index (χ2n) is 4.61. The van der Waals surface area contributed by atoms with Crippen LogP contribution in [0.3, 0.4) is 0 Å². The van der Waals surface area contributed by atoms with Crippen molar-refractivity contribution in [3.05, 3.63) is 29.8 Å². The molecular weight excluding hydrogens is 302 g/mol. The van der Waals surface area contributed by atoms with Crippen LogP contribution in [-0.2, 0) is 25.4 Å². The van der Waals surface area contributed by atoms with E-state index in [0.717, 1.165) is 0 Å². The lowest BCUT2D eigenvalue weighted by atomic mass is 10.2. The van der Waals surface area contributed by atoms with E-state index in [0.29, 0.717) is 5.56 Å². The Morgan fingerprint density at radius 2 is 1.75 bits per heavy atom. The summed E-state index contributed by atoms with van der Waals surface area (Å²) in [5.41, 5.74) is 0.601. The monoisotopic (exact) mass is 319 g/mol. The topological polar surface area (TPSA) is 55.8 Å². The van der Waals surface area contributed by atoms with Gasteiger partial charge in [0, 0.05) is 33.2 Å². The van der Waals surface area contributed by atoms with Crippen LogP contribution in [-0.4, -0.2) is 52.2 Å². The minimum absolute atomic E-state index is 0.157. The van der Waals surface area contributed by atoms with E-state index < -0.39 is 10.0 Å². The Bertz CT molecular complexity index is 551. The Morgan fingerprint density at radius 1 is 1.20 bits per heavy atom. The fourth-order valence-electron chi connectivity index (χ4n) is 2.36. The van der Waals surface area contributed by atoms with Crippen molar-refractivity contribution in [1.29, 1.82) is 0 Å². The molecule has 7 heteroatoms. The van der Waals surface area contributed by atoms with Crippen molar-refractivity contribution >= 4 is 21.6 Å². The molecule has 0 bridgehead atoms. The van der Waals surface area contributed by atoms with Crippen LogP contribution in [0.5, 0.6) is 0 Å². The summed E-state index contributed by atoms with van der Waals surface area (Å²) in [6.45, 7) is 0.571. The molecule has 1 fully saturated rings. The maximum Gasteiger partial charge on any atom is 0.243 e. The summed E-state index contributed by atoms with van der Waals surface area (Å²) in [6.07, 6.45) is -0.504. The van der Waals surface area contributed by atoms with Gasteiger partial charge in [-0.05, 0) is 11.6 Å². The van der Waals surface area contributed by atoms with Crippen molar-refractivity contribution in [3.8, 4) is 0 Å². The summed E-state index contributed by atoms with van der Waals surface area (Å²) in [4.78, 5) is 0.251. The quantitative estimate of drug-likeness (QED) is 0.771. The molecule has 20 heavy (non-hydrogen) atoms. The molecule has 0 spiro atoms. The average molecular weight is 320 g/mol. The third-order valence-electron chi connectivity index (χ3n) is 3.52. The maximum atomic E-state index is 12.7. The van der Waals surface area contributed by atoms with Crippen LogP contribution < -0.4 is 0 Å². The summed E-state index contributed by atoms with van der Waals surface area (Å²) in [6, 6.07) is 6.77. The normalized spacial score (nSPS) is 24.1. The largest absolute Gasteiger partial charge is 0.377 e. The molecule has 2 atom stereocenters. The summed E-state index contributed by atoms with van der Waals surface area (Å²) in [5, 5.41) is 0. The van der Waals surface area contributed by atoms with Crippen molar-refractivity contribution in [3.63, 3.8) is 0 Å². The highest BCUT2D eigenvalue weighted by atomic mass is 35.5. The number of rotatable bonds is 5. The lowest BCUT2D eigenvalue weighted by Gasteiger charge is -2.17. The Morgan fingerprint density at radius 3 is 2.25 bits per heavy atom. The second kappa shape index (κ2) is 6.41. The number of sulfonamides is 1. The molecule has 1 heterocycles. The van der Waals surface area contributed by atoms with E-state index >= 15 is 0 Å². The average Bonchev–Trinajstić information content (AvgIpc) is 2.91. The first-order chi connectivity index (χ1) is 9.54. The second-order valence-corrected chi connectivity index (χ2v) is 6.79. The zero-order valence-electron chi connectivity index (χ0n) is 11.5. The van der Waals surface area contributed by atoms with Gasteiger partial charge in [-0.1, -0.05) is 18.2 Å². The number of halogens is 1. The SMILES string of the molecule is COC1CN(S(=O)(=O)c2ccccc2CCl)CC1OC. The molecule has 5 nitrogen and oxygen atoms in total. The number of ether oxygens (including phenoxy) is 2. The molecule has 0 radical (unpaired) electrons. The van der Waals surface area contributed by atoms with Crippen LogP contribution in [0.25, 0.3) is 0 Å². The molecule has 1 aromatic carbocycles. The molecule has 1 aliphatic heterocycles. The van der Waals surface area contributed by atoms with Crippen molar-refractivity contribution in [1.82, 2.24) is 4.31 Å². The van der Waals surface area contributed by atoms with Gasteiger partial charge in [0.25, 0.3) is 0 Å². The van der Waals surface area contributed by atoms with E-state index in [1.54, 1.807) is 38.5 Å². The predicted octanol–water partition coefficient (Wildman–Crippen LogP) is 1.46. The van der Waals surface area contributed by atoms with Gasteiger partial charge in [0.05, 0.1) is 17.1 Å². The van der Waals surface area contributed by atoms with E-state index in [4.69, 9.17) is 21.1 Å². The molecule has 0 N–H and O–H groups in total. The van der Waals surface area contributed by atoms with Gasteiger partial charge in [-0.25, -0.2) is 8.42 Å². The summed E-state index contributed by atoms with van der Waals surface area (Å²) < 4.78 is 37.3. The van der Waals surface area contributed by atoms with Gasteiger partial charge in [-0.3, -0.25) is 0 Å². The third-order valence-corrected chi connectivity index (χ3v) is 5.74. The van der Waals surface area contributed by atoms with E-state index in [1.165, 1.54) is 4.31 Å². The third kappa shape index (κ3) is 2.84. The summed E-state index contributed by atoms with van der Waals surface area (Å²) in [7, 11) is -0.468. The molecule has 1 aromatic rings. The van der Waals surface area contributed by atoms with Crippen LogP contribution in [0.4, 0.5) is 0 Å². The van der Waals surface area contributed by atoms with Gasteiger partial charge >= 0.3 is 0 Å². The predicted molar refractivity (Wildman–Crippen MR) is 76.4 cm³/mol. The molecule has 2 rings (SSSR count). The number of nitrogens with zero attached hydrogens (tertiary/aromatic N) is 1. The zero-order valence-corrected chi connectivity index (χ0v) is 13.0. The Labute approximate surface area is 124 Å². The first kappa shape index (κ1) is 15.7. The minimum Gasteiger partial charge on any atom is -0.377 e. The number of hydrogen-bond donors (Lipinski definition) is 0. The van der Waals surface area contributed by atoms with Crippen LogP contribution >= 0.6 is 11.6 Å². The molecule has 0 amide bonds. The van der Waals surface area contributed by atoms with Crippen molar-refractivity contribution < 1.29 is 17.9 Å². The van der Waals surface area contributed by atoms with Gasteiger partial charge in [-0.2, -0.15) is 4.31 Å². The van der Waals surface area contributed by atoms with E-state index in [2.05, 4.69) is 0 Å². The van der Waals surface area contributed by atoms with E-state index in [-0.39, 0.29) is 36.1 Å². The Kier molecular flexibility index (Phi) is 5.04. The Hall–Kier alpha value is -0.660. The van der Waals surface area contributed by atoms with Gasteiger partial charge in [0.1, 0.15) is 0 Å². The molecule has 1 aliphatic rings. The highest BCUT2D eigenvalue weighted by Gasteiger charge is 2.40. The molecule has 0 saturated carbocycles. The molecule has 2 unspecified atom stereocenters. The molecule has 0 aliphatic carbocycles.